The van der Waals surface area contributed by atoms with Crippen molar-refractivity contribution in [3.05, 3.63) is 30.5 Å². The number of hydrogen-bond acceptors (Lipinski definition) is 3. The fourth-order valence-electron chi connectivity index (χ4n) is 2.05. The molecule has 0 aliphatic rings. The van der Waals surface area contributed by atoms with Gasteiger partial charge in [0.15, 0.2) is 0 Å². The van der Waals surface area contributed by atoms with E-state index in [2.05, 4.69) is 29.5 Å². The van der Waals surface area contributed by atoms with Gasteiger partial charge in [0.25, 0.3) is 0 Å². The zero-order chi connectivity index (χ0) is 12.1. The van der Waals surface area contributed by atoms with E-state index in [1.807, 2.05) is 23.0 Å². The average molecular weight is 233 g/mol. The summed E-state index contributed by atoms with van der Waals surface area (Å²) >= 11 is 0. The van der Waals surface area contributed by atoms with Crippen molar-refractivity contribution in [2.75, 3.05) is 20.3 Å². The zero-order valence-electron chi connectivity index (χ0n) is 10.4. The van der Waals surface area contributed by atoms with Gasteiger partial charge in [0, 0.05) is 12.5 Å². The van der Waals surface area contributed by atoms with Crippen LogP contribution in [0.5, 0.6) is 0 Å². The van der Waals surface area contributed by atoms with Gasteiger partial charge in [-0.3, -0.25) is 4.68 Å². The van der Waals surface area contributed by atoms with Crippen LogP contribution >= 0.6 is 0 Å². The number of aromatic nitrogens is 2. The summed E-state index contributed by atoms with van der Waals surface area (Å²) in [6.45, 7) is 4.56. The van der Waals surface area contributed by atoms with E-state index in [4.69, 9.17) is 4.74 Å². The Morgan fingerprint density at radius 3 is 3.00 bits per heavy atom. The first-order valence-corrected chi connectivity index (χ1v) is 5.98. The summed E-state index contributed by atoms with van der Waals surface area (Å²) in [4.78, 5) is 0. The van der Waals surface area contributed by atoms with Crippen LogP contribution in [-0.4, -0.2) is 36.1 Å². The van der Waals surface area contributed by atoms with Gasteiger partial charge in [0.2, 0.25) is 0 Å². The van der Waals surface area contributed by atoms with Gasteiger partial charge in [-0.15, -0.1) is 0 Å². The Morgan fingerprint density at radius 1 is 1.41 bits per heavy atom. The van der Waals surface area contributed by atoms with E-state index in [-0.39, 0.29) is 0 Å². The molecule has 4 heteroatoms. The minimum Gasteiger partial charge on any atom is -0.383 e. The molecule has 92 valence electrons. The lowest BCUT2D eigenvalue weighted by Crippen LogP contribution is -2.37. The highest BCUT2D eigenvalue weighted by atomic mass is 16.5. The molecule has 0 fully saturated rings. The lowest BCUT2D eigenvalue weighted by atomic mass is 10.2. The van der Waals surface area contributed by atoms with Crippen LogP contribution in [0.1, 0.15) is 6.92 Å². The standard InChI is InChI=1S/C13H19N3O/c1-3-14-12(10-17-2)9-16-13-7-5-4-6-11(13)8-15-16/h4-8,12,14H,3,9-10H2,1-2H3. The van der Waals surface area contributed by atoms with Gasteiger partial charge in [0.1, 0.15) is 0 Å². The first-order chi connectivity index (χ1) is 8.35. The van der Waals surface area contributed by atoms with Crippen molar-refractivity contribution in [2.45, 2.75) is 19.5 Å². The molecule has 0 aliphatic carbocycles. The normalized spacial score (nSPS) is 13.1. The van der Waals surface area contributed by atoms with E-state index in [1.54, 1.807) is 7.11 Å². The first-order valence-electron chi connectivity index (χ1n) is 5.98. The third-order valence-electron chi connectivity index (χ3n) is 2.81. The van der Waals surface area contributed by atoms with Crippen LogP contribution < -0.4 is 5.32 Å². The lowest BCUT2D eigenvalue weighted by Gasteiger charge is -2.17. The molecular formula is C13H19N3O. The molecular weight excluding hydrogens is 214 g/mol. The number of rotatable bonds is 6. The highest BCUT2D eigenvalue weighted by Crippen LogP contribution is 2.12. The summed E-state index contributed by atoms with van der Waals surface area (Å²) in [5.74, 6) is 0. The molecule has 1 N–H and O–H groups in total. The van der Waals surface area contributed by atoms with E-state index < -0.39 is 0 Å². The third kappa shape index (κ3) is 2.84. The Morgan fingerprint density at radius 2 is 2.24 bits per heavy atom. The van der Waals surface area contributed by atoms with Gasteiger partial charge in [-0.1, -0.05) is 25.1 Å². The second-order valence-electron chi connectivity index (χ2n) is 4.10. The molecule has 0 aliphatic heterocycles. The van der Waals surface area contributed by atoms with Crippen molar-refractivity contribution >= 4 is 10.9 Å². The third-order valence-corrected chi connectivity index (χ3v) is 2.81. The van der Waals surface area contributed by atoms with Crippen molar-refractivity contribution in [2.24, 2.45) is 0 Å². The molecule has 0 amide bonds. The van der Waals surface area contributed by atoms with E-state index >= 15 is 0 Å². The van der Waals surface area contributed by atoms with E-state index in [9.17, 15) is 0 Å². The predicted octanol–water partition coefficient (Wildman–Crippen LogP) is 1.66. The van der Waals surface area contributed by atoms with Crippen molar-refractivity contribution in [3.63, 3.8) is 0 Å². The van der Waals surface area contributed by atoms with E-state index in [0.29, 0.717) is 12.6 Å². The molecule has 1 unspecified atom stereocenters. The molecule has 1 aromatic heterocycles. The summed E-state index contributed by atoms with van der Waals surface area (Å²) in [6, 6.07) is 8.55. The highest BCUT2D eigenvalue weighted by Gasteiger charge is 2.10. The van der Waals surface area contributed by atoms with Crippen LogP contribution in [0, 0.1) is 0 Å². The Balaban J connectivity index is 2.15. The van der Waals surface area contributed by atoms with Crippen molar-refractivity contribution < 1.29 is 4.74 Å². The Hall–Kier alpha value is -1.39. The Labute approximate surface area is 102 Å². The Bertz CT molecular complexity index is 460. The van der Waals surface area contributed by atoms with Crippen molar-refractivity contribution in [3.8, 4) is 0 Å². The van der Waals surface area contributed by atoms with Crippen molar-refractivity contribution in [1.82, 2.24) is 15.1 Å². The molecule has 0 bridgehead atoms. The number of ether oxygens (including phenoxy) is 1. The maximum atomic E-state index is 5.21. The molecule has 2 rings (SSSR count). The highest BCUT2D eigenvalue weighted by molar-refractivity contribution is 5.78. The average Bonchev–Trinajstić information content (AvgIpc) is 2.74. The summed E-state index contributed by atoms with van der Waals surface area (Å²) < 4.78 is 7.24. The molecule has 1 aromatic carbocycles. The van der Waals surface area contributed by atoms with E-state index in [0.717, 1.165) is 13.1 Å². The predicted molar refractivity (Wildman–Crippen MR) is 69.1 cm³/mol. The quantitative estimate of drug-likeness (QED) is 0.824. The number of para-hydroxylation sites is 1. The van der Waals surface area contributed by atoms with Crippen LogP contribution in [-0.2, 0) is 11.3 Å². The topological polar surface area (TPSA) is 39.1 Å². The molecule has 2 aromatic rings. The van der Waals surface area contributed by atoms with Crippen LogP contribution in [0.4, 0.5) is 0 Å². The van der Waals surface area contributed by atoms with Crippen LogP contribution in [0.3, 0.4) is 0 Å². The maximum absolute atomic E-state index is 5.21. The van der Waals surface area contributed by atoms with Gasteiger partial charge < -0.3 is 10.1 Å². The number of fused-ring (bicyclic) bond motifs is 1. The summed E-state index contributed by atoms with van der Waals surface area (Å²) in [7, 11) is 1.73. The number of methoxy groups -OCH3 is 1. The molecule has 0 radical (unpaired) electrons. The van der Waals surface area contributed by atoms with Gasteiger partial charge >= 0.3 is 0 Å². The second kappa shape index (κ2) is 5.80. The molecule has 0 saturated carbocycles. The summed E-state index contributed by atoms with van der Waals surface area (Å²) in [5, 5.41) is 9.00. The number of nitrogens with zero attached hydrogens (tertiary/aromatic N) is 2. The van der Waals surface area contributed by atoms with Crippen LogP contribution in [0.25, 0.3) is 10.9 Å². The fourth-order valence-corrected chi connectivity index (χ4v) is 2.05. The molecule has 0 saturated heterocycles. The fraction of sp³-hybridized carbons (Fsp3) is 0.462. The molecule has 0 spiro atoms. The van der Waals surface area contributed by atoms with Crippen LogP contribution in [0.15, 0.2) is 30.5 Å². The number of nitrogens with one attached hydrogen (secondary N) is 1. The minimum absolute atomic E-state index is 0.299. The van der Waals surface area contributed by atoms with Gasteiger partial charge in [0.05, 0.1) is 30.9 Å². The number of likely N-dealkylation sites (N-methyl/N-ethyl adjacent to an activating group) is 1. The SMILES string of the molecule is CCNC(COC)Cn1ncc2ccccc21. The van der Waals surface area contributed by atoms with Gasteiger partial charge in [-0.05, 0) is 12.6 Å². The van der Waals surface area contributed by atoms with Crippen molar-refractivity contribution in [1.29, 1.82) is 0 Å². The second-order valence-corrected chi connectivity index (χ2v) is 4.10. The van der Waals surface area contributed by atoms with E-state index in [1.165, 1.54) is 10.9 Å². The maximum Gasteiger partial charge on any atom is 0.0683 e. The van der Waals surface area contributed by atoms with Crippen LogP contribution in [0.2, 0.25) is 0 Å². The number of benzene rings is 1. The Kier molecular flexibility index (Phi) is 4.12. The lowest BCUT2D eigenvalue weighted by molar-refractivity contribution is 0.158. The monoisotopic (exact) mass is 233 g/mol. The molecule has 1 heterocycles. The molecule has 4 nitrogen and oxygen atoms in total. The smallest absolute Gasteiger partial charge is 0.0683 e. The molecule has 1 atom stereocenters. The van der Waals surface area contributed by atoms with Gasteiger partial charge in [-0.25, -0.2) is 0 Å². The first kappa shape index (κ1) is 12.1. The van der Waals surface area contributed by atoms with Gasteiger partial charge in [-0.2, -0.15) is 5.10 Å². The minimum atomic E-state index is 0.299. The summed E-state index contributed by atoms with van der Waals surface area (Å²) in [6.07, 6.45) is 1.91. The largest absolute Gasteiger partial charge is 0.383 e. The zero-order valence-corrected chi connectivity index (χ0v) is 10.4. The molecule has 17 heavy (non-hydrogen) atoms. The number of hydrogen-bond donors (Lipinski definition) is 1. The summed E-state index contributed by atoms with van der Waals surface area (Å²) in [5.41, 5.74) is 1.17.